The normalized spacial score (nSPS) is 25.5. The Bertz CT molecular complexity index is 174. The first-order valence-electron chi connectivity index (χ1n) is 5.50. The van der Waals surface area contributed by atoms with Gasteiger partial charge in [-0.05, 0) is 47.0 Å². The summed E-state index contributed by atoms with van der Waals surface area (Å²) in [6, 6.07) is 0. The van der Waals surface area contributed by atoms with Gasteiger partial charge in [-0.2, -0.15) is 0 Å². The molecule has 0 radical (unpaired) electrons. The standard InChI is InChI=1S/C11H23NO2/c1-6-9-13-14-12-10(2,3)7-8-11(12,4)5/h6-9H2,1-5H3. The van der Waals surface area contributed by atoms with Crippen molar-refractivity contribution in [3.8, 4) is 0 Å². The largest absolute Gasteiger partial charge is 0.218 e. The Hall–Kier alpha value is -0.120. The summed E-state index contributed by atoms with van der Waals surface area (Å²) in [6.07, 6.45) is 3.28. The molecule has 1 rings (SSSR count). The van der Waals surface area contributed by atoms with Gasteiger partial charge >= 0.3 is 0 Å². The lowest BCUT2D eigenvalue weighted by Gasteiger charge is -2.36. The van der Waals surface area contributed by atoms with Gasteiger partial charge in [0, 0.05) is 11.1 Å². The lowest BCUT2D eigenvalue weighted by atomic mass is 10.0. The quantitative estimate of drug-likeness (QED) is 0.396. The fourth-order valence-corrected chi connectivity index (χ4v) is 2.01. The van der Waals surface area contributed by atoms with Crippen LogP contribution < -0.4 is 0 Å². The Morgan fingerprint density at radius 1 is 1.07 bits per heavy atom. The molecule has 0 atom stereocenters. The van der Waals surface area contributed by atoms with Crippen LogP contribution in [0.4, 0.5) is 0 Å². The second-order valence-electron chi connectivity index (χ2n) is 5.32. The van der Waals surface area contributed by atoms with Crippen molar-refractivity contribution in [1.82, 2.24) is 5.06 Å². The summed E-state index contributed by atoms with van der Waals surface area (Å²) in [7, 11) is 0. The zero-order valence-electron chi connectivity index (χ0n) is 10.1. The highest BCUT2D eigenvalue weighted by Gasteiger charge is 2.46. The van der Waals surface area contributed by atoms with Crippen molar-refractivity contribution >= 4 is 0 Å². The maximum Gasteiger partial charge on any atom is 0.0839 e. The zero-order valence-corrected chi connectivity index (χ0v) is 10.1. The Morgan fingerprint density at radius 3 is 2.00 bits per heavy atom. The molecule has 0 unspecified atom stereocenters. The van der Waals surface area contributed by atoms with E-state index < -0.39 is 0 Å². The van der Waals surface area contributed by atoms with Gasteiger partial charge in [-0.15, -0.1) is 10.1 Å². The minimum Gasteiger partial charge on any atom is -0.218 e. The highest BCUT2D eigenvalue weighted by atomic mass is 17.3. The lowest BCUT2D eigenvalue weighted by molar-refractivity contribution is -0.459. The van der Waals surface area contributed by atoms with E-state index in [1.54, 1.807) is 0 Å². The first kappa shape index (κ1) is 12.0. The van der Waals surface area contributed by atoms with E-state index in [0.717, 1.165) is 19.3 Å². The second kappa shape index (κ2) is 4.17. The number of hydrogen-bond acceptors (Lipinski definition) is 3. The van der Waals surface area contributed by atoms with Crippen molar-refractivity contribution in [3.63, 3.8) is 0 Å². The lowest BCUT2D eigenvalue weighted by Crippen LogP contribution is -2.48. The number of hydrogen-bond donors (Lipinski definition) is 0. The molecule has 1 aliphatic rings. The maximum absolute atomic E-state index is 5.41. The van der Waals surface area contributed by atoms with Gasteiger partial charge in [0.15, 0.2) is 0 Å². The van der Waals surface area contributed by atoms with Gasteiger partial charge in [0.25, 0.3) is 0 Å². The van der Waals surface area contributed by atoms with E-state index in [1.807, 2.05) is 5.06 Å². The smallest absolute Gasteiger partial charge is 0.0839 e. The molecule has 0 amide bonds. The van der Waals surface area contributed by atoms with Crippen molar-refractivity contribution in [1.29, 1.82) is 0 Å². The summed E-state index contributed by atoms with van der Waals surface area (Å²) in [5.74, 6) is 0. The second-order valence-corrected chi connectivity index (χ2v) is 5.32. The average Bonchev–Trinajstić information content (AvgIpc) is 2.27. The molecule has 3 nitrogen and oxygen atoms in total. The maximum atomic E-state index is 5.41. The van der Waals surface area contributed by atoms with E-state index in [0.29, 0.717) is 6.61 Å². The van der Waals surface area contributed by atoms with Crippen LogP contribution in [0.1, 0.15) is 53.9 Å². The Labute approximate surface area is 87.3 Å². The van der Waals surface area contributed by atoms with E-state index in [-0.39, 0.29) is 11.1 Å². The van der Waals surface area contributed by atoms with Crippen molar-refractivity contribution in [3.05, 3.63) is 0 Å². The molecule has 1 saturated heterocycles. The van der Waals surface area contributed by atoms with E-state index in [9.17, 15) is 0 Å². The molecular formula is C11H23NO2. The summed E-state index contributed by atoms with van der Waals surface area (Å²) >= 11 is 0. The predicted molar refractivity (Wildman–Crippen MR) is 56.6 cm³/mol. The molecule has 0 aromatic rings. The highest BCUT2D eigenvalue weighted by Crippen LogP contribution is 2.40. The first-order chi connectivity index (χ1) is 6.40. The molecular weight excluding hydrogens is 178 g/mol. The summed E-state index contributed by atoms with van der Waals surface area (Å²) in [5.41, 5.74) is 0.161. The number of hydroxylamine groups is 2. The third-order valence-corrected chi connectivity index (χ3v) is 2.86. The third kappa shape index (κ3) is 2.47. The average molecular weight is 201 g/mol. The Morgan fingerprint density at radius 2 is 1.57 bits per heavy atom. The van der Waals surface area contributed by atoms with Crippen LogP contribution >= 0.6 is 0 Å². The minimum atomic E-state index is 0.0806. The molecule has 0 bridgehead atoms. The van der Waals surface area contributed by atoms with Gasteiger partial charge in [0.05, 0.1) is 6.61 Å². The van der Waals surface area contributed by atoms with Crippen molar-refractivity contribution in [2.75, 3.05) is 6.61 Å². The third-order valence-electron chi connectivity index (χ3n) is 2.86. The van der Waals surface area contributed by atoms with Gasteiger partial charge < -0.3 is 0 Å². The molecule has 3 heteroatoms. The zero-order chi connectivity index (χ0) is 10.8. The molecule has 0 aromatic carbocycles. The fraction of sp³-hybridized carbons (Fsp3) is 1.00. The van der Waals surface area contributed by atoms with Crippen LogP contribution in [0.25, 0.3) is 0 Å². The molecule has 14 heavy (non-hydrogen) atoms. The molecule has 0 spiro atoms. The molecule has 84 valence electrons. The van der Waals surface area contributed by atoms with E-state index in [1.165, 1.54) is 0 Å². The van der Waals surface area contributed by atoms with Gasteiger partial charge in [-0.25, -0.2) is 4.89 Å². The van der Waals surface area contributed by atoms with Crippen LogP contribution in [0, 0.1) is 0 Å². The van der Waals surface area contributed by atoms with Gasteiger partial charge in [-0.3, -0.25) is 0 Å². The van der Waals surface area contributed by atoms with Crippen LogP contribution in [-0.4, -0.2) is 22.7 Å². The molecule has 0 N–H and O–H groups in total. The van der Waals surface area contributed by atoms with Crippen molar-refractivity contribution in [2.24, 2.45) is 0 Å². The summed E-state index contributed by atoms with van der Waals surface area (Å²) in [5, 5.41) is 2.00. The van der Waals surface area contributed by atoms with Gasteiger partial charge in [0.1, 0.15) is 0 Å². The Balaban J connectivity index is 2.53. The fourth-order valence-electron chi connectivity index (χ4n) is 2.01. The van der Waals surface area contributed by atoms with E-state index >= 15 is 0 Å². The minimum absolute atomic E-state index is 0.0806. The van der Waals surface area contributed by atoms with Crippen molar-refractivity contribution in [2.45, 2.75) is 65.0 Å². The molecule has 0 aliphatic carbocycles. The number of rotatable bonds is 4. The summed E-state index contributed by atoms with van der Waals surface area (Å²) < 4.78 is 0. The van der Waals surface area contributed by atoms with Gasteiger partial charge in [0.2, 0.25) is 0 Å². The van der Waals surface area contributed by atoms with Crippen LogP contribution in [0.3, 0.4) is 0 Å². The van der Waals surface area contributed by atoms with Gasteiger partial charge in [-0.1, -0.05) is 6.92 Å². The first-order valence-corrected chi connectivity index (χ1v) is 5.50. The number of nitrogens with zero attached hydrogens (tertiary/aromatic N) is 1. The summed E-state index contributed by atoms with van der Waals surface area (Å²) in [6.45, 7) is 11.5. The Kier molecular flexibility index (Phi) is 3.56. The van der Waals surface area contributed by atoms with E-state index in [4.69, 9.17) is 9.88 Å². The van der Waals surface area contributed by atoms with Crippen LogP contribution in [0.15, 0.2) is 0 Å². The highest BCUT2D eigenvalue weighted by molar-refractivity contribution is 4.95. The molecule has 0 saturated carbocycles. The molecule has 1 fully saturated rings. The SMILES string of the molecule is CCCOON1C(C)(C)CCC1(C)C. The molecule has 1 aliphatic heterocycles. The predicted octanol–water partition coefficient (Wildman–Crippen LogP) is 2.91. The molecule has 1 heterocycles. The monoisotopic (exact) mass is 201 g/mol. The van der Waals surface area contributed by atoms with Crippen LogP contribution in [0.5, 0.6) is 0 Å². The molecule has 0 aromatic heterocycles. The van der Waals surface area contributed by atoms with Crippen LogP contribution in [-0.2, 0) is 9.88 Å². The van der Waals surface area contributed by atoms with E-state index in [2.05, 4.69) is 34.6 Å². The summed E-state index contributed by atoms with van der Waals surface area (Å²) in [4.78, 5) is 10.6. The topological polar surface area (TPSA) is 21.7 Å². The van der Waals surface area contributed by atoms with Crippen molar-refractivity contribution < 1.29 is 9.88 Å². The van der Waals surface area contributed by atoms with Crippen LogP contribution in [0.2, 0.25) is 0 Å².